The van der Waals surface area contributed by atoms with Crippen LogP contribution in [-0.2, 0) is 17.6 Å². The van der Waals surface area contributed by atoms with Crippen LogP contribution in [0.25, 0.3) is 0 Å². The monoisotopic (exact) mass is 275 g/mol. The Balaban J connectivity index is 1.72. The largest absolute Gasteiger partial charge is 0.385 e. The third-order valence-corrected chi connectivity index (χ3v) is 2.98. The molecule has 0 aliphatic rings. The summed E-state index contributed by atoms with van der Waals surface area (Å²) in [4.78, 5) is 4.35. The molecule has 20 heavy (non-hydrogen) atoms. The van der Waals surface area contributed by atoms with Crippen molar-refractivity contribution >= 4 is 5.69 Å². The molecule has 108 valence electrons. The molecule has 1 N–H and O–H groups in total. The SMILES string of the molecule is COCCCc1noc(CCNc2ccc(C)cc2)n1. The van der Waals surface area contributed by atoms with Gasteiger partial charge in [0, 0.05) is 38.8 Å². The first-order chi connectivity index (χ1) is 9.78. The van der Waals surface area contributed by atoms with Crippen molar-refractivity contribution in [3.8, 4) is 0 Å². The van der Waals surface area contributed by atoms with Gasteiger partial charge in [-0.25, -0.2) is 0 Å². The van der Waals surface area contributed by atoms with E-state index in [1.165, 1.54) is 5.56 Å². The molecule has 0 aliphatic heterocycles. The van der Waals surface area contributed by atoms with Gasteiger partial charge in [-0.2, -0.15) is 4.98 Å². The average Bonchev–Trinajstić information content (AvgIpc) is 2.89. The molecule has 0 atom stereocenters. The van der Waals surface area contributed by atoms with Crippen LogP contribution in [0.3, 0.4) is 0 Å². The van der Waals surface area contributed by atoms with Crippen molar-refractivity contribution < 1.29 is 9.26 Å². The van der Waals surface area contributed by atoms with E-state index >= 15 is 0 Å². The minimum Gasteiger partial charge on any atom is -0.385 e. The summed E-state index contributed by atoms with van der Waals surface area (Å²) in [7, 11) is 1.69. The number of aromatic nitrogens is 2. The van der Waals surface area contributed by atoms with Crippen LogP contribution in [0.2, 0.25) is 0 Å². The summed E-state index contributed by atoms with van der Waals surface area (Å²) in [6.07, 6.45) is 2.44. The minimum absolute atomic E-state index is 0.678. The molecular weight excluding hydrogens is 254 g/mol. The Morgan fingerprint density at radius 3 is 2.75 bits per heavy atom. The second-order valence-electron chi connectivity index (χ2n) is 4.74. The molecule has 0 bridgehead atoms. The quantitative estimate of drug-likeness (QED) is 0.750. The molecule has 1 heterocycles. The third-order valence-electron chi connectivity index (χ3n) is 2.98. The lowest BCUT2D eigenvalue weighted by Crippen LogP contribution is -2.05. The van der Waals surface area contributed by atoms with Crippen LogP contribution >= 0.6 is 0 Å². The van der Waals surface area contributed by atoms with E-state index in [0.29, 0.717) is 5.89 Å². The number of nitrogens with zero attached hydrogens (tertiary/aromatic N) is 2. The van der Waals surface area contributed by atoms with Crippen LogP contribution in [0.5, 0.6) is 0 Å². The summed E-state index contributed by atoms with van der Waals surface area (Å²) >= 11 is 0. The minimum atomic E-state index is 0.678. The summed E-state index contributed by atoms with van der Waals surface area (Å²) < 4.78 is 10.2. The molecule has 1 aromatic carbocycles. The number of anilines is 1. The number of rotatable bonds is 8. The first-order valence-electron chi connectivity index (χ1n) is 6.89. The predicted octanol–water partition coefficient (Wildman–Crippen LogP) is 2.61. The molecule has 0 radical (unpaired) electrons. The second-order valence-corrected chi connectivity index (χ2v) is 4.74. The Labute approximate surface area is 119 Å². The van der Waals surface area contributed by atoms with Crippen molar-refractivity contribution in [1.29, 1.82) is 0 Å². The van der Waals surface area contributed by atoms with Gasteiger partial charge in [0.05, 0.1) is 0 Å². The van der Waals surface area contributed by atoms with Crippen LogP contribution in [-0.4, -0.2) is 30.4 Å². The van der Waals surface area contributed by atoms with Gasteiger partial charge in [-0.1, -0.05) is 22.9 Å². The average molecular weight is 275 g/mol. The van der Waals surface area contributed by atoms with Crippen LogP contribution in [0.15, 0.2) is 28.8 Å². The molecule has 2 aromatic rings. The van der Waals surface area contributed by atoms with Gasteiger partial charge in [0.15, 0.2) is 5.82 Å². The number of aryl methyl sites for hydroxylation is 2. The van der Waals surface area contributed by atoms with Gasteiger partial charge in [0.25, 0.3) is 0 Å². The van der Waals surface area contributed by atoms with Crippen molar-refractivity contribution in [2.24, 2.45) is 0 Å². The summed E-state index contributed by atoms with van der Waals surface area (Å²) in [5, 5.41) is 7.29. The predicted molar refractivity (Wildman–Crippen MR) is 77.9 cm³/mol. The molecule has 2 rings (SSSR count). The molecule has 0 fully saturated rings. The molecule has 5 heteroatoms. The lowest BCUT2D eigenvalue weighted by atomic mass is 10.2. The van der Waals surface area contributed by atoms with Crippen LogP contribution in [0.4, 0.5) is 5.69 Å². The van der Waals surface area contributed by atoms with E-state index in [4.69, 9.17) is 9.26 Å². The Hall–Kier alpha value is -1.88. The van der Waals surface area contributed by atoms with Gasteiger partial charge >= 0.3 is 0 Å². The smallest absolute Gasteiger partial charge is 0.228 e. The van der Waals surface area contributed by atoms with E-state index in [1.54, 1.807) is 7.11 Å². The van der Waals surface area contributed by atoms with Gasteiger partial charge in [0.1, 0.15) is 0 Å². The second kappa shape index (κ2) is 7.65. The zero-order valence-electron chi connectivity index (χ0n) is 12.1. The van der Waals surface area contributed by atoms with Crippen molar-refractivity contribution in [1.82, 2.24) is 10.1 Å². The Bertz CT molecular complexity index is 508. The lowest BCUT2D eigenvalue weighted by Gasteiger charge is -2.04. The van der Waals surface area contributed by atoms with Crippen molar-refractivity contribution in [3.05, 3.63) is 41.5 Å². The number of ether oxygens (including phenoxy) is 1. The molecule has 0 spiro atoms. The van der Waals surface area contributed by atoms with Gasteiger partial charge in [-0.3, -0.25) is 0 Å². The molecule has 0 unspecified atom stereocenters. The van der Waals surface area contributed by atoms with Crippen LogP contribution in [0.1, 0.15) is 23.7 Å². The molecule has 5 nitrogen and oxygen atoms in total. The summed E-state index contributed by atoms with van der Waals surface area (Å²) in [6, 6.07) is 8.31. The fourth-order valence-electron chi connectivity index (χ4n) is 1.85. The summed E-state index contributed by atoms with van der Waals surface area (Å²) in [5.74, 6) is 1.43. The highest BCUT2D eigenvalue weighted by molar-refractivity contribution is 5.44. The van der Waals surface area contributed by atoms with E-state index in [-0.39, 0.29) is 0 Å². The zero-order valence-corrected chi connectivity index (χ0v) is 12.1. The van der Waals surface area contributed by atoms with Gasteiger partial charge in [0.2, 0.25) is 5.89 Å². The molecule has 0 amide bonds. The molecular formula is C15H21N3O2. The van der Waals surface area contributed by atoms with E-state index in [0.717, 1.165) is 43.9 Å². The van der Waals surface area contributed by atoms with Gasteiger partial charge in [-0.05, 0) is 25.5 Å². The zero-order chi connectivity index (χ0) is 14.2. The maximum absolute atomic E-state index is 5.21. The number of hydrogen-bond donors (Lipinski definition) is 1. The number of benzene rings is 1. The van der Waals surface area contributed by atoms with Gasteiger partial charge < -0.3 is 14.6 Å². The van der Waals surface area contributed by atoms with Crippen molar-refractivity contribution in [2.45, 2.75) is 26.2 Å². The van der Waals surface area contributed by atoms with E-state index < -0.39 is 0 Å². The Kier molecular flexibility index (Phi) is 5.55. The Morgan fingerprint density at radius 1 is 1.20 bits per heavy atom. The summed E-state index contributed by atoms with van der Waals surface area (Å²) in [5.41, 5.74) is 2.36. The highest BCUT2D eigenvalue weighted by Crippen LogP contribution is 2.09. The lowest BCUT2D eigenvalue weighted by molar-refractivity contribution is 0.194. The van der Waals surface area contributed by atoms with Crippen LogP contribution in [0, 0.1) is 6.92 Å². The molecule has 0 aliphatic carbocycles. The van der Waals surface area contributed by atoms with Gasteiger partial charge in [-0.15, -0.1) is 0 Å². The van der Waals surface area contributed by atoms with Crippen molar-refractivity contribution in [2.75, 3.05) is 25.6 Å². The fourth-order valence-corrected chi connectivity index (χ4v) is 1.85. The maximum Gasteiger partial charge on any atom is 0.228 e. The topological polar surface area (TPSA) is 60.2 Å². The van der Waals surface area contributed by atoms with E-state index in [2.05, 4.69) is 46.6 Å². The van der Waals surface area contributed by atoms with Crippen LogP contribution < -0.4 is 5.32 Å². The molecule has 1 aromatic heterocycles. The third kappa shape index (κ3) is 4.66. The summed E-state index contributed by atoms with van der Waals surface area (Å²) in [6.45, 7) is 3.58. The fraction of sp³-hybridized carbons (Fsp3) is 0.467. The van der Waals surface area contributed by atoms with E-state index in [1.807, 2.05) is 0 Å². The number of hydrogen-bond acceptors (Lipinski definition) is 5. The molecule has 0 saturated carbocycles. The molecule has 0 saturated heterocycles. The number of nitrogens with one attached hydrogen (secondary N) is 1. The highest BCUT2D eigenvalue weighted by Gasteiger charge is 2.05. The van der Waals surface area contributed by atoms with E-state index in [9.17, 15) is 0 Å². The first kappa shape index (κ1) is 14.5. The Morgan fingerprint density at radius 2 is 2.00 bits per heavy atom. The standard InChI is InChI=1S/C15H21N3O2/c1-12-5-7-13(8-6-12)16-10-9-15-17-14(18-20-15)4-3-11-19-2/h5-8,16H,3-4,9-11H2,1-2H3. The normalized spacial score (nSPS) is 10.7. The van der Waals surface area contributed by atoms with Crippen molar-refractivity contribution in [3.63, 3.8) is 0 Å². The first-order valence-corrected chi connectivity index (χ1v) is 6.89. The number of methoxy groups -OCH3 is 1. The highest BCUT2D eigenvalue weighted by atomic mass is 16.5. The maximum atomic E-state index is 5.21.